The summed E-state index contributed by atoms with van der Waals surface area (Å²) >= 11 is 6.20. The van der Waals surface area contributed by atoms with Crippen LogP contribution in [0.5, 0.6) is 5.75 Å². The first-order valence-electron chi connectivity index (χ1n) is 10.3. The summed E-state index contributed by atoms with van der Waals surface area (Å²) in [5, 5.41) is 2.74. The Hall–Kier alpha value is -3.12. The van der Waals surface area contributed by atoms with Crippen molar-refractivity contribution in [2.45, 2.75) is 9.79 Å². The average molecular weight is 538 g/mol. The van der Waals surface area contributed by atoms with Gasteiger partial charge in [0.05, 0.1) is 32.6 Å². The second-order valence-corrected chi connectivity index (χ2v) is 11.7. The third-order valence-corrected chi connectivity index (χ3v) is 8.32. The van der Waals surface area contributed by atoms with Crippen molar-refractivity contribution in [1.29, 1.82) is 0 Å². The summed E-state index contributed by atoms with van der Waals surface area (Å²) in [7, 11) is -4.41. The standard InChI is InChI=1S/C23H24ClN3O6S2/c1-27(2)35(31,32)20-11-9-18(10-12-20)33-15-14-25-23(28)21-13-8-17(16-22(21)24)26-34(29,30)19-6-4-3-5-7-19/h3-13,16,26H,14-15H2,1-2H3,(H,25,28). The molecule has 3 rings (SSSR count). The lowest BCUT2D eigenvalue weighted by Crippen LogP contribution is -2.28. The van der Waals surface area contributed by atoms with Gasteiger partial charge in [-0.1, -0.05) is 29.8 Å². The monoisotopic (exact) mass is 537 g/mol. The average Bonchev–Trinajstić information content (AvgIpc) is 2.82. The van der Waals surface area contributed by atoms with Crippen LogP contribution < -0.4 is 14.8 Å². The summed E-state index contributed by atoms with van der Waals surface area (Å²) in [5.74, 6) is -0.00599. The van der Waals surface area contributed by atoms with Crippen LogP contribution in [0.1, 0.15) is 10.4 Å². The molecule has 0 bridgehead atoms. The van der Waals surface area contributed by atoms with Gasteiger partial charge in [-0.2, -0.15) is 0 Å². The van der Waals surface area contributed by atoms with Crippen molar-refractivity contribution in [2.75, 3.05) is 32.0 Å². The van der Waals surface area contributed by atoms with Gasteiger partial charge in [0.25, 0.3) is 15.9 Å². The second-order valence-electron chi connectivity index (χ2n) is 7.48. The fourth-order valence-corrected chi connectivity index (χ4v) is 5.16. The topological polar surface area (TPSA) is 122 Å². The van der Waals surface area contributed by atoms with Crippen LogP contribution in [-0.2, 0) is 20.0 Å². The Kier molecular flexibility index (Phi) is 8.39. The van der Waals surface area contributed by atoms with E-state index in [0.717, 1.165) is 4.31 Å². The molecule has 0 aliphatic rings. The molecule has 0 saturated carbocycles. The first-order chi connectivity index (χ1) is 16.5. The molecule has 0 unspecified atom stereocenters. The minimum absolute atomic E-state index is 0.0781. The van der Waals surface area contributed by atoms with Crippen LogP contribution in [0.3, 0.4) is 0 Å². The highest BCUT2D eigenvalue weighted by Crippen LogP contribution is 2.23. The lowest BCUT2D eigenvalue weighted by molar-refractivity contribution is 0.0947. The van der Waals surface area contributed by atoms with Crippen molar-refractivity contribution >= 4 is 43.2 Å². The summed E-state index contributed by atoms with van der Waals surface area (Å²) < 4.78 is 58.1. The van der Waals surface area contributed by atoms with Crippen LogP contribution in [0.25, 0.3) is 0 Å². The highest BCUT2D eigenvalue weighted by atomic mass is 35.5. The van der Waals surface area contributed by atoms with Gasteiger partial charge in [-0.15, -0.1) is 0 Å². The Bertz CT molecular complexity index is 1390. The van der Waals surface area contributed by atoms with Crippen LogP contribution in [0.15, 0.2) is 82.6 Å². The third-order valence-electron chi connectivity index (χ3n) is 4.78. The molecule has 0 atom stereocenters. The lowest BCUT2D eigenvalue weighted by Gasteiger charge is -2.12. The molecule has 3 aromatic carbocycles. The number of ether oxygens (including phenoxy) is 1. The number of nitrogens with zero attached hydrogens (tertiary/aromatic N) is 1. The second kappa shape index (κ2) is 11.1. The molecule has 0 heterocycles. The fraction of sp³-hybridized carbons (Fsp3) is 0.174. The van der Waals surface area contributed by atoms with Crippen LogP contribution in [0.4, 0.5) is 5.69 Å². The van der Waals surface area contributed by atoms with Gasteiger partial charge in [0.1, 0.15) is 12.4 Å². The molecule has 0 radical (unpaired) electrons. The first-order valence-corrected chi connectivity index (χ1v) is 13.6. The number of hydrogen-bond acceptors (Lipinski definition) is 6. The number of hydrogen-bond donors (Lipinski definition) is 2. The Morgan fingerprint density at radius 3 is 2.17 bits per heavy atom. The van der Waals surface area contributed by atoms with Gasteiger partial charge in [-0.05, 0) is 54.6 Å². The molecular weight excluding hydrogens is 514 g/mol. The molecule has 186 valence electrons. The van der Waals surface area contributed by atoms with Crippen LogP contribution in [0, 0.1) is 0 Å². The minimum Gasteiger partial charge on any atom is -0.492 e. The van der Waals surface area contributed by atoms with E-state index in [-0.39, 0.29) is 39.2 Å². The third kappa shape index (κ3) is 6.73. The zero-order valence-electron chi connectivity index (χ0n) is 18.9. The van der Waals surface area contributed by atoms with E-state index in [1.807, 2.05) is 0 Å². The largest absolute Gasteiger partial charge is 0.492 e. The highest BCUT2D eigenvalue weighted by Gasteiger charge is 2.17. The maximum Gasteiger partial charge on any atom is 0.261 e. The van der Waals surface area contributed by atoms with E-state index in [4.69, 9.17) is 16.3 Å². The molecule has 0 saturated heterocycles. The maximum atomic E-state index is 12.5. The summed E-state index contributed by atoms with van der Waals surface area (Å²) in [6, 6.07) is 18.0. The molecule has 12 heteroatoms. The van der Waals surface area contributed by atoms with Gasteiger partial charge >= 0.3 is 0 Å². The van der Waals surface area contributed by atoms with E-state index in [1.165, 1.54) is 68.7 Å². The number of benzene rings is 3. The van der Waals surface area contributed by atoms with Gasteiger partial charge in [-0.3, -0.25) is 9.52 Å². The summed E-state index contributed by atoms with van der Waals surface area (Å²) in [5.41, 5.74) is 0.394. The zero-order chi connectivity index (χ0) is 25.6. The smallest absolute Gasteiger partial charge is 0.261 e. The van der Waals surface area contributed by atoms with Crippen molar-refractivity contribution in [2.24, 2.45) is 0 Å². The Labute approximate surface area is 209 Å². The molecule has 35 heavy (non-hydrogen) atoms. The van der Waals surface area contributed by atoms with Crippen LogP contribution in [0.2, 0.25) is 5.02 Å². The fourth-order valence-electron chi connectivity index (χ4n) is 2.92. The quantitative estimate of drug-likeness (QED) is 0.383. The lowest BCUT2D eigenvalue weighted by atomic mass is 10.2. The van der Waals surface area contributed by atoms with Gasteiger partial charge in [0, 0.05) is 14.1 Å². The SMILES string of the molecule is CN(C)S(=O)(=O)c1ccc(OCCNC(=O)c2ccc(NS(=O)(=O)c3ccccc3)cc2Cl)cc1. The number of carbonyl (C=O) groups is 1. The highest BCUT2D eigenvalue weighted by molar-refractivity contribution is 7.92. The number of sulfonamides is 2. The van der Waals surface area contributed by atoms with Crippen molar-refractivity contribution in [3.8, 4) is 5.75 Å². The van der Waals surface area contributed by atoms with E-state index in [0.29, 0.717) is 5.75 Å². The Morgan fingerprint density at radius 1 is 0.914 bits per heavy atom. The van der Waals surface area contributed by atoms with Crippen molar-refractivity contribution in [3.63, 3.8) is 0 Å². The summed E-state index contributed by atoms with van der Waals surface area (Å²) in [6.45, 7) is 0.299. The van der Waals surface area contributed by atoms with Crippen LogP contribution >= 0.6 is 11.6 Å². The summed E-state index contributed by atoms with van der Waals surface area (Å²) in [4.78, 5) is 12.7. The normalized spacial score (nSPS) is 11.8. The molecule has 9 nitrogen and oxygen atoms in total. The van der Waals surface area contributed by atoms with Gasteiger partial charge in [-0.25, -0.2) is 21.1 Å². The molecule has 1 amide bonds. The number of nitrogens with one attached hydrogen (secondary N) is 2. The molecule has 0 fully saturated rings. The van der Waals surface area contributed by atoms with Crippen LogP contribution in [-0.4, -0.2) is 54.3 Å². The number of rotatable bonds is 10. The number of halogens is 1. The summed E-state index contributed by atoms with van der Waals surface area (Å²) in [6.07, 6.45) is 0. The van der Waals surface area contributed by atoms with E-state index >= 15 is 0 Å². The van der Waals surface area contributed by atoms with Gasteiger partial charge in [0.15, 0.2) is 0 Å². The number of anilines is 1. The minimum atomic E-state index is -3.78. The van der Waals surface area contributed by atoms with Crippen molar-refractivity contribution in [3.05, 3.63) is 83.4 Å². The van der Waals surface area contributed by atoms with E-state index < -0.39 is 26.0 Å². The first kappa shape index (κ1) is 26.5. The maximum absolute atomic E-state index is 12.5. The number of carbonyl (C=O) groups excluding carboxylic acids is 1. The van der Waals surface area contributed by atoms with Crippen molar-refractivity contribution < 1.29 is 26.4 Å². The zero-order valence-corrected chi connectivity index (χ0v) is 21.3. The molecule has 2 N–H and O–H groups in total. The molecule has 3 aromatic rings. The van der Waals surface area contributed by atoms with Gasteiger partial charge in [0.2, 0.25) is 10.0 Å². The van der Waals surface area contributed by atoms with Gasteiger partial charge < -0.3 is 10.1 Å². The molecule has 0 aliphatic heterocycles. The molecule has 0 aromatic heterocycles. The Morgan fingerprint density at radius 2 is 1.57 bits per heavy atom. The molecular formula is C23H24ClN3O6S2. The molecule has 0 spiro atoms. The number of amides is 1. The van der Waals surface area contributed by atoms with Crippen molar-refractivity contribution in [1.82, 2.24) is 9.62 Å². The molecule has 0 aliphatic carbocycles. The van der Waals surface area contributed by atoms with E-state index in [2.05, 4.69) is 10.0 Å². The van der Waals surface area contributed by atoms with E-state index in [1.54, 1.807) is 18.2 Å². The predicted octanol–water partition coefficient (Wildman–Crippen LogP) is 3.20. The van der Waals surface area contributed by atoms with E-state index in [9.17, 15) is 21.6 Å². The Balaban J connectivity index is 1.53. The predicted molar refractivity (Wildman–Crippen MR) is 134 cm³/mol.